The third-order valence-electron chi connectivity index (χ3n) is 8.94. The second kappa shape index (κ2) is 12.5. The molecule has 0 saturated carbocycles. The molecular formula is C44H43N2O2S+. The van der Waals surface area contributed by atoms with Crippen LogP contribution in [0.1, 0.15) is 80.5 Å². The number of oxazole rings is 2. The minimum Gasteiger partial charge on any atom is -0.436 e. The first-order valence-corrected chi connectivity index (χ1v) is 18.2. The molecule has 7 aromatic rings. The number of benzene rings is 4. The minimum absolute atomic E-state index is 0.00818. The lowest BCUT2D eigenvalue weighted by molar-refractivity contribution is 0.589. The summed E-state index contributed by atoms with van der Waals surface area (Å²) in [6, 6.07) is 29.8. The van der Waals surface area contributed by atoms with Gasteiger partial charge in [-0.05, 0) is 83.3 Å². The van der Waals surface area contributed by atoms with Crippen molar-refractivity contribution in [2.24, 2.45) is 0 Å². The Hall–Kier alpha value is -5.00. The number of aryl methyl sites for hydroxylation is 2. The standard InChI is InChI=1S/C44H43N2O2S/c1-28-9-13-30(14-10-28)17-18-32-27-49(24-23-31-15-11-29(2)12-16-31)40(42-46-36-26-34(44(6,7)8)20-22-38(36)48-42)39(32)41-45-35-25-33(43(3,4)5)19-21-37(35)47-41/h9-27H,1-8H3/q+1. The molecule has 0 aliphatic rings. The van der Waals surface area contributed by atoms with Crippen LogP contribution in [0.25, 0.3) is 68.1 Å². The third-order valence-corrected chi connectivity index (χ3v) is 10.7. The molecule has 0 aliphatic carbocycles. The van der Waals surface area contributed by atoms with Gasteiger partial charge in [0.05, 0.1) is 0 Å². The lowest BCUT2D eigenvalue weighted by atomic mass is 9.87. The fourth-order valence-electron chi connectivity index (χ4n) is 5.85. The molecule has 1 atom stereocenters. The van der Waals surface area contributed by atoms with Gasteiger partial charge in [-0.15, -0.1) is 0 Å². The van der Waals surface area contributed by atoms with E-state index in [0.717, 1.165) is 49.3 Å². The summed E-state index contributed by atoms with van der Waals surface area (Å²) in [6.45, 7) is 17.5. The number of fused-ring (bicyclic) bond motifs is 2. The maximum atomic E-state index is 6.61. The molecule has 0 N–H and O–H groups in total. The molecule has 7 rings (SSSR count). The second-order valence-electron chi connectivity index (χ2n) is 15.0. The molecule has 0 fully saturated rings. The molecule has 49 heavy (non-hydrogen) atoms. The maximum Gasteiger partial charge on any atom is 0.283 e. The van der Waals surface area contributed by atoms with Gasteiger partial charge in [-0.25, -0.2) is 9.97 Å². The largest absolute Gasteiger partial charge is 0.436 e. The van der Waals surface area contributed by atoms with Gasteiger partial charge in [-0.2, -0.15) is 0 Å². The van der Waals surface area contributed by atoms with Crippen LogP contribution in [0, 0.1) is 13.8 Å². The predicted octanol–water partition coefficient (Wildman–Crippen LogP) is 13.1. The molecule has 3 aromatic heterocycles. The Bertz CT molecular complexity index is 2180. The normalized spacial score (nSPS) is 13.1. The Balaban J connectivity index is 1.47. The summed E-state index contributed by atoms with van der Waals surface area (Å²) in [5.74, 6) is 1.15. The molecule has 0 radical (unpaired) electrons. The van der Waals surface area contributed by atoms with Crippen molar-refractivity contribution < 1.29 is 8.83 Å². The summed E-state index contributed by atoms with van der Waals surface area (Å²) in [5.41, 5.74) is 12.3. The SMILES string of the molecule is Cc1ccc(C=Cc2c[s+](C=Cc3ccc(C)cc3)c(-c3nc4cc(C(C)(C)C)ccc4o3)c2-c2nc3cc(C(C)(C)C)ccc3o2)cc1. The summed E-state index contributed by atoms with van der Waals surface area (Å²) in [4.78, 5) is 11.2. The molecule has 1 unspecified atom stereocenters. The summed E-state index contributed by atoms with van der Waals surface area (Å²) >= 11 is 0. The van der Waals surface area contributed by atoms with E-state index < -0.39 is 10.5 Å². The first kappa shape index (κ1) is 32.5. The summed E-state index contributed by atoms with van der Waals surface area (Å²) in [6.07, 6.45) is 6.51. The predicted molar refractivity (Wildman–Crippen MR) is 209 cm³/mol. The highest BCUT2D eigenvalue weighted by Crippen LogP contribution is 2.49. The highest BCUT2D eigenvalue weighted by Gasteiger charge is 2.33. The smallest absolute Gasteiger partial charge is 0.283 e. The monoisotopic (exact) mass is 663 g/mol. The Labute approximate surface area is 291 Å². The van der Waals surface area contributed by atoms with Crippen LogP contribution < -0.4 is 0 Å². The van der Waals surface area contributed by atoms with Crippen LogP contribution in [0.3, 0.4) is 0 Å². The number of nitrogens with zero attached hydrogens (tertiary/aromatic N) is 2. The Kier molecular flexibility index (Phi) is 8.28. The van der Waals surface area contributed by atoms with Gasteiger partial charge in [0.2, 0.25) is 5.89 Å². The number of aromatic nitrogens is 2. The molecule has 3 heterocycles. The van der Waals surface area contributed by atoms with Crippen molar-refractivity contribution in [3.8, 4) is 22.2 Å². The first-order valence-electron chi connectivity index (χ1n) is 16.8. The average molecular weight is 664 g/mol. The quantitative estimate of drug-likeness (QED) is 0.166. The van der Waals surface area contributed by atoms with E-state index in [1.54, 1.807) is 0 Å². The average Bonchev–Trinajstić information content (AvgIpc) is 3.77. The molecule has 5 heteroatoms. The minimum atomic E-state index is -0.504. The van der Waals surface area contributed by atoms with Crippen molar-refractivity contribution in [1.29, 1.82) is 0 Å². The Morgan fingerprint density at radius 2 is 1.06 bits per heavy atom. The molecule has 4 nitrogen and oxygen atoms in total. The van der Waals surface area contributed by atoms with Crippen molar-refractivity contribution in [3.05, 3.63) is 129 Å². The second-order valence-corrected chi connectivity index (χ2v) is 16.7. The molecule has 246 valence electrons. The van der Waals surface area contributed by atoms with Crippen molar-refractivity contribution in [3.63, 3.8) is 0 Å². The maximum absolute atomic E-state index is 6.61. The van der Waals surface area contributed by atoms with Crippen molar-refractivity contribution in [2.45, 2.75) is 66.2 Å². The van der Waals surface area contributed by atoms with Gasteiger partial charge in [0, 0.05) is 16.0 Å². The zero-order valence-corrected chi connectivity index (χ0v) is 30.4. The van der Waals surface area contributed by atoms with Gasteiger partial charge >= 0.3 is 0 Å². The highest BCUT2D eigenvalue weighted by atomic mass is 32.2. The van der Waals surface area contributed by atoms with E-state index in [4.69, 9.17) is 18.8 Å². The summed E-state index contributed by atoms with van der Waals surface area (Å²) in [5, 5.41) is 4.55. The van der Waals surface area contributed by atoms with E-state index in [1.165, 1.54) is 22.3 Å². The van der Waals surface area contributed by atoms with Crippen molar-refractivity contribution in [1.82, 2.24) is 9.97 Å². The molecule has 0 bridgehead atoms. The molecule has 0 spiro atoms. The van der Waals surface area contributed by atoms with E-state index in [2.05, 4.69) is 157 Å². The van der Waals surface area contributed by atoms with Crippen LogP contribution in [0.4, 0.5) is 0 Å². The molecule has 0 saturated heterocycles. The number of thiophene rings is 1. The number of rotatable bonds is 6. The topological polar surface area (TPSA) is 52.1 Å². The van der Waals surface area contributed by atoms with Gasteiger partial charge in [0.1, 0.15) is 22.0 Å². The lowest BCUT2D eigenvalue weighted by Crippen LogP contribution is -2.10. The Morgan fingerprint density at radius 1 is 0.571 bits per heavy atom. The van der Waals surface area contributed by atoms with Crippen LogP contribution in [-0.4, -0.2) is 9.97 Å². The van der Waals surface area contributed by atoms with E-state index in [1.807, 2.05) is 12.1 Å². The highest BCUT2D eigenvalue weighted by molar-refractivity contribution is 7.43. The van der Waals surface area contributed by atoms with Gasteiger partial charge in [0.25, 0.3) is 10.8 Å². The fraction of sp³-hybridized carbons (Fsp3) is 0.227. The zero-order valence-electron chi connectivity index (χ0n) is 29.6. The fourth-order valence-corrected chi connectivity index (χ4v) is 7.68. The molecule has 4 aromatic carbocycles. The van der Waals surface area contributed by atoms with Crippen LogP contribution in [0.2, 0.25) is 0 Å². The summed E-state index contributed by atoms with van der Waals surface area (Å²) < 4.78 is 13.2. The number of hydrogen-bond donors (Lipinski definition) is 0. The first-order chi connectivity index (χ1) is 23.3. The van der Waals surface area contributed by atoms with E-state index in [9.17, 15) is 0 Å². The van der Waals surface area contributed by atoms with Crippen LogP contribution in [-0.2, 0) is 10.8 Å². The van der Waals surface area contributed by atoms with Crippen LogP contribution >= 0.6 is 10.5 Å². The van der Waals surface area contributed by atoms with Gasteiger partial charge < -0.3 is 8.83 Å². The molecule has 0 aliphatic heterocycles. The Morgan fingerprint density at radius 3 is 1.59 bits per heavy atom. The van der Waals surface area contributed by atoms with E-state index >= 15 is 0 Å². The van der Waals surface area contributed by atoms with Crippen LogP contribution in [0.15, 0.2) is 99.1 Å². The van der Waals surface area contributed by atoms with E-state index in [0.29, 0.717) is 11.8 Å². The third kappa shape index (κ3) is 6.81. The summed E-state index contributed by atoms with van der Waals surface area (Å²) in [7, 11) is -0.504. The van der Waals surface area contributed by atoms with Crippen LogP contribution in [0.5, 0.6) is 0 Å². The molecule has 0 amide bonds. The van der Waals surface area contributed by atoms with Gasteiger partial charge in [-0.3, -0.25) is 0 Å². The van der Waals surface area contributed by atoms with Gasteiger partial charge in [0.15, 0.2) is 16.5 Å². The molecular weight excluding hydrogens is 621 g/mol. The van der Waals surface area contributed by atoms with E-state index in [-0.39, 0.29) is 10.8 Å². The van der Waals surface area contributed by atoms with Gasteiger partial charge in [-0.1, -0.05) is 119 Å². The van der Waals surface area contributed by atoms with Crippen molar-refractivity contribution in [2.75, 3.05) is 0 Å². The zero-order chi connectivity index (χ0) is 34.5. The van der Waals surface area contributed by atoms with Crippen molar-refractivity contribution >= 4 is 56.3 Å². The lowest BCUT2D eigenvalue weighted by Gasteiger charge is -2.18. The number of hydrogen-bond acceptors (Lipinski definition) is 4.